The molecule has 3 rings (SSSR count). The van der Waals surface area contributed by atoms with E-state index in [4.69, 9.17) is 4.74 Å². The van der Waals surface area contributed by atoms with E-state index in [1.165, 1.54) is 25.7 Å². The van der Waals surface area contributed by atoms with Crippen LogP contribution in [0.5, 0.6) is 5.75 Å². The van der Waals surface area contributed by atoms with Crippen molar-refractivity contribution in [3.05, 3.63) is 29.8 Å². The van der Waals surface area contributed by atoms with Crippen LogP contribution in [0.15, 0.2) is 24.3 Å². The van der Waals surface area contributed by atoms with Crippen molar-refractivity contribution in [2.75, 3.05) is 13.2 Å². The largest absolute Gasteiger partial charge is 0.491 e. The van der Waals surface area contributed by atoms with Crippen molar-refractivity contribution in [2.45, 2.75) is 44.8 Å². The molecule has 0 radical (unpaired) electrons. The minimum atomic E-state index is -0.720. The first-order chi connectivity index (χ1) is 11.1. The molecule has 2 amide bonds. The summed E-state index contributed by atoms with van der Waals surface area (Å²) >= 11 is 0. The van der Waals surface area contributed by atoms with Crippen LogP contribution in [0.25, 0.3) is 0 Å². The first kappa shape index (κ1) is 16.1. The highest BCUT2D eigenvalue weighted by Gasteiger charge is 2.42. The molecule has 0 aliphatic heterocycles. The second-order valence-electron chi connectivity index (χ2n) is 6.83. The lowest BCUT2D eigenvalue weighted by molar-refractivity contribution is 0.107. The summed E-state index contributed by atoms with van der Waals surface area (Å²) in [5.74, 6) is 2.06. The Labute approximate surface area is 137 Å². The summed E-state index contributed by atoms with van der Waals surface area (Å²) < 4.78 is 5.51. The Morgan fingerprint density at radius 3 is 2.39 bits per heavy atom. The van der Waals surface area contributed by atoms with Crippen molar-refractivity contribution in [1.82, 2.24) is 10.6 Å². The van der Waals surface area contributed by atoms with Gasteiger partial charge < -0.3 is 20.5 Å². The van der Waals surface area contributed by atoms with E-state index in [9.17, 15) is 9.90 Å². The standard InChI is InChI=1S/C18H26N2O3/c1-12-2-8-16(9-3-12)23-11-15(21)10-19-18(22)20-17(13-4-5-13)14-6-7-14/h2-3,8-9,13-15,17,21H,4-7,10-11H2,1H3,(H2,19,20,22)/t15-/m0/s1. The smallest absolute Gasteiger partial charge is 0.315 e. The van der Waals surface area contributed by atoms with Crippen LogP contribution in [0.2, 0.25) is 0 Å². The normalized spacial score (nSPS) is 18.6. The maximum Gasteiger partial charge on any atom is 0.315 e. The Morgan fingerprint density at radius 2 is 1.83 bits per heavy atom. The molecular weight excluding hydrogens is 292 g/mol. The average Bonchev–Trinajstić information content (AvgIpc) is 3.42. The van der Waals surface area contributed by atoms with E-state index in [1.807, 2.05) is 31.2 Å². The SMILES string of the molecule is Cc1ccc(OC[C@@H](O)CNC(=O)NC(C2CC2)C2CC2)cc1. The molecule has 23 heavy (non-hydrogen) atoms. The maximum atomic E-state index is 12.0. The van der Waals surface area contributed by atoms with E-state index in [1.54, 1.807) is 0 Å². The highest BCUT2D eigenvalue weighted by Crippen LogP contribution is 2.44. The molecule has 0 saturated heterocycles. The van der Waals surface area contributed by atoms with E-state index in [0.717, 1.165) is 11.3 Å². The second kappa shape index (κ2) is 7.21. The summed E-state index contributed by atoms with van der Waals surface area (Å²) in [5, 5.41) is 15.7. The predicted molar refractivity (Wildman–Crippen MR) is 88.5 cm³/mol. The van der Waals surface area contributed by atoms with Crippen LogP contribution in [0, 0.1) is 18.8 Å². The zero-order valence-electron chi connectivity index (χ0n) is 13.6. The van der Waals surface area contributed by atoms with Crippen LogP contribution in [-0.2, 0) is 0 Å². The van der Waals surface area contributed by atoms with Gasteiger partial charge in [-0.05, 0) is 56.6 Å². The van der Waals surface area contributed by atoms with Gasteiger partial charge in [-0.15, -0.1) is 0 Å². The number of carbonyl (C=O) groups excluding carboxylic acids is 1. The van der Waals surface area contributed by atoms with Crippen molar-refractivity contribution in [1.29, 1.82) is 0 Å². The van der Waals surface area contributed by atoms with Gasteiger partial charge in [-0.1, -0.05) is 17.7 Å². The zero-order chi connectivity index (χ0) is 16.2. The minimum Gasteiger partial charge on any atom is -0.491 e. The summed E-state index contributed by atoms with van der Waals surface area (Å²) in [6.07, 6.45) is 4.20. The molecule has 1 aromatic rings. The molecule has 2 aliphatic carbocycles. The lowest BCUT2D eigenvalue weighted by Gasteiger charge is -2.19. The third-order valence-electron chi connectivity index (χ3n) is 4.52. The van der Waals surface area contributed by atoms with Crippen LogP contribution < -0.4 is 15.4 Å². The molecule has 1 atom stereocenters. The molecule has 1 aromatic carbocycles. The Balaban J connectivity index is 1.34. The van der Waals surface area contributed by atoms with Crippen LogP contribution in [-0.4, -0.2) is 36.4 Å². The number of aliphatic hydroxyl groups excluding tert-OH is 1. The van der Waals surface area contributed by atoms with Gasteiger partial charge in [0.25, 0.3) is 0 Å². The molecule has 0 aromatic heterocycles. The Bertz CT molecular complexity index is 512. The molecule has 5 nitrogen and oxygen atoms in total. The number of benzene rings is 1. The fourth-order valence-corrected chi connectivity index (χ4v) is 2.83. The second-order valence-corrected chi connectivity index (χ2v) is 6.83. The number of amides is 2. The molecule has 0 spiro atoms. The first-order valence-electron chi connectivity index (χ1n) is 8.53. The number of hydrogen-bond acceptors (Lipinski definition) is 3. The van der Waals surface area contributed by atoms with Gasteiger partial charge in [0, 0.05) is 12.6 Å². The summed E-state index contributed by atoms with van der Waals surface area (Å²) in [4.78, 5) is 12.0. The van der Waals surface area contributed by atoms with Gasteiger partial charge in [0.15, 0.2) is 0 Å². The van der Waals surface area contributed by atoms with Crippen LogP contribution in [0.4, 0.5) is 4.79 Å². The van der Waals surface area contributed by atoms with Gasteiger partial charge in [0.05, 0.1) is 0 Å². The summed E-state index contributed by atoms with van der Waals surface area (Å²) in [5.41, 5.74) is 1.16. The Morgan fingerprint density at radius 1 is 1.22 bits per heavy atom. The summed E-state index contributed by atoms with van der Waals surface area (Å²) in [6.45, 7) is 2.37. The molecule has 126 valence electrons. The third kappa shape index (κ3) is 5.13. The van der Waals surface area contributed by atoms with Crippen LogP contribution >= 0.6 is 0 Å². The van der Waals surface area contributed by atoms with Gasteiger partial charge in [0.1, 0.15) is 18.5 Å². The van der Waals surface area contributed by atoms with E-state index < -0.39 is 6.10 Å². The van der Waals surface area contributed by atoms with Gasteiger partial charge in [-0.3, -0.25) is 0 Å². The number of carbonyl (C=O) groups is 1. The van der Waals surface area contributed by atoms with Crippen molar-refractivity contribution >= 4 is 6.03 Å². The fourth-order valence-electron chi connectivity index (χ4n) is 2.83. The predicted octanol–water partition coefficient (Wildman–Crippen LogP) is 2.22. The Kier molecular flexibility index (Phi) is 5.06. The number of nitrogens with one attached hydrogen (secondary N) is 2. The highest BCUT2D eigenvalue weighted by atomic mass is 16.5. The quantitative estimate of drug-likeness (QED) is 0.688. The number of urea groups is 1. The number of aryl methyl sites for hydroxylation is 1. The molecule has 0 bridgehead atoms. The molecule has 5 heteroatoms. The molecule has 0 heterocycles. The van der Waals surface area contributed by atoms with Crippen molar-refractivity contribution in [2.24, 2.45) is 11.8 Å². The molecule has 2 saturated carbocycles. The van der Waals surface area contributed by atoms with Gasteiger partial charge in [0.2, 0.25) is 0 Å². The summed E-state index contributed by atoms with van der Waals surface area (Å²) in [7, 11) is 0. The maximum absolute atomic E-state index is 12.0. The first-order valence-corrected chi connectivity index (χ1v) is 8.53. The van der Waals surface area contributed by atoms with E-state index in [-0.39, 0.29) is 19.2 Å². The highest BCUT2D eigenvalue weighted by molar-refractivity contribution is 5.74. The topological polar surface area (TPSA) is 70.6 Å². The number of ether oxygens (including phenoxy) is 1. The lowest BCUT2D eigenvalue weighted by atomic mass is 10.1. The monoisotopic (exact) mass is 318 g/mol. The summed E-state index contributed by atoms with van der Waals surface area (Å²) in [6, 6.07) is 7.82. The van der Waals surface area contributed by atoms with E-state index >= 15 is 0 Å². The molecule has 2 fully saturated rings. The lowest BCUT2D eigenvalue weighted by Crippen LogP contribution is -2.47. The number of aliphatic hydroxyl groups is 1. The van der Waals surface area contributed by atoms with Crippen molar-refractivity contribution < 1.29 is 14.6 Å². The van der Waals surface area contributed by atoms with Gasteiger partial charge >= 0.3 is 6.03 Å². The van der Waals surface area contributed by atoms with Gasteiger partial charge in [-0.25, -0.2) is 4.79 Å². The molecule has 3 N–H and O–H groups in total. The van der Waals surface area contributed by atoms with E-state index in [2.05, 4.69) is 10.6 Å². The van der Waals surface area contributed by atoms with Crippen molar-refractivity contribution in [3.63, 3.8) is 0 Å². The average molecular weight is 318 g/mol. The third-order valence-corrected chi connectivity index (χ3v) is 4.52. The van der Waals surface area contributed by atoms with Crippen LogP contribution in [0.3, 0.4) is 0 Å². The fraction of sp³-hybridized carbons (Fsp3) is 0.611. The zero-order valence-corrected chi connectivity index (χ0v) is 13.6. The van der Waals surface area contributed by atoms with E-state index in [0.29, 0.717) is 17.9 Å². The molecule has 2 aliphatic rings. The van der Waals surface area contributed by atoms with Crippen molar-refractivity contribution in [3.8, 4) is 5.75 Å². The minimum absolute atomic E-state index is 0.165. The molecule has 0 unspecified atom stereocenters. The molecular formula is C18H26N2O3. The number of rotatable bonds is 8. The number of hydrogen-bond donors (Lipinski definition) is 3. The Hall–Kier alpha value is -1.75. The van der Waals surface area contributed by atoms with Crippen LogP contribution in [0.1, 0.15) is 31.2 Å². The van der Waals surface area contributed by atoms with Gasteiger partial charge in [-0.2, -0.15) is 0 Å².